The molecule has 0 aromatic carbocycles. The lowest BCUT2D eigenvalue weighted by Crippen LogP contribution is -2.45. The molecule has 0 aliphatic rings. The van der Waals surface area contributed by atoms with Crippen LogP contribution in [0.4, 0.5) is 0 Å². The van der Waals surface area contributed by atoms with Crippen molar-refractivity contribution >= 4 is 11.9 Å². The summed E-state index contributed by atoms with van der Waals surface area (Å²) in [7, 11) is 1.41. The first-order chi connectivity index (χ1) is 8.08. The van der Waals surface area contributed by atoms with Crippen LogP contribution in [-0.4, -0.2) is 38.9 Å². The van der Waals surface area contributed by atoms with Gasteiger partial charge in [-0.2, -0.15) is 0 Å². The second-order valence-corrected chi connectivity index (χ2v) is 3.45. The van der Waals surface area contributed by atoms with E-state index in [-0.39, 0.29) is 26.2 Å². The van der Waals surface area contributed by atoms with Gasteiger partial charge in [0.15, 0.2) is 5.41 Å². The van der Waals surface area contributed by atoms with E-state index in [1.54, 1.807) is 13.8 Å². The van der Waals surface area contributed by atoms with Gasteiger partial charge in [-0.25, -0.2) is 0 Å². The van der Waals surface area contributed by atoms with Gasteiger partial charge in [0, 0.05) is 7.11 Å². The molecule has 0 saturated carbocycles. The molecule has 0 aromatic rings. The minimum absolute atomic E-state index is 0.0866. The molecule has 5 nitrogen and oxygen atoms in total. The van der Waals surface area contributed by atoms with Crippen LogP contribution in [0.2, 0.25) is 0 Å². The van der Waals surface area contributed by atoms with Gasteiger partial charge in [0.25, 0.3) is 0 Å². The SMILES string of the molecule is C=CCC(COC)(C(=O)OCC)C(=O)OCC. The van der Waals surface area contributed by atoms with Gasteiger partial charge >= 0.3 is 11.9 Å². The Kier molecular flexibility index (Phi) is 7.21. The molecule has 0 amide bonds. The van der Waals surface area contributed by atoms with Crippen LogP contribution in [0.15, 0.2) is 12.7 Å². The van der Waals surface area contributed by atoms with Crippen molar-refractivity contribution < 1.29 is 23.8 Å². The Morgan fingerprint density at radius 3 is 1.94 bits per heavy atom. The van der Waals surface area contributed by atoms with Crippen LogP contribution in [0.5, 0.6) is 0 Å². The van der Waals surface area contributed by atoms with E-state index in [1.165, 1.54) is 13.2 Å². The van der Waals surface area contributed by atoms with Gasteiger partial charge in [-0.05, 0) is 20.3 Å². The maximum Gasteiger partial charge on any atom is 0.326 e. The minimum Gasteiger partial charge on any atom is -0.465 e. The lowest BCUT2D eigenvalue weighted by Gasteiger charge is -2.27. The van der Waals surface area contributed by atoms with Crippen LogP contribution in [0.1, 0.15) is 20.3 Å². The summed E-state index contributed by atoms with van der Waals surface area (Å²) in [6, 6.07) is 0. The number of ether oxygens (including phenoxy) is 3. The molecule has 0 rings (SSSR count). The summed E-state index contributed by atoms with van der Waals surface area (Å²) in [6.07, 6.45) is 1.60. The van der Waals surface area contributed by atoms with Crippen molar-refractivity contribution in [3.63, 3.8) is 0 Å². The van der Waals surface area contributed by atoms with Crippen molar-refractivity contribution in [2.24, 2.45) is 5.41 Å². The fraction of sp³-hybridized carbons (Fsp3) is 0.667. The molecule has 5 heteroatoms. The standard InChI is InChI=1S/C12H20O5/c1-5-8-12(9-15-4,10(13)16-6-2)11(14)17-7-3/h5H,1,6-9H2,2-4H3. The van der Waals surface area contributed by atoms with Gasteiger partial charge in [-0.3, -0.25) is 9.59 Å². The fourth-order valence-electron chi connectivity index (χ4n) is 1.46. The van der Waals surface area contributed by atoms with E-state index < -0.39 is 17.4 Å². The molecule has 0 aromatic heterocycles. The first-order valence-electron chi connectivity index (χ1n) is 5.53. The maximum atomic E-state index is 11.9. The Labute approximate surface area is 102 Å². The molecule has 0 aliphatic heterocycles. The van der Waals surface area contributed by atoms with E-state index in [1.807, 2.05) is 0 Å². The van der Waals surface area contributed by atoms with E-state index in [4.69, 9.17) is 14.2 Å². The highest BCUT2D eigenvalue weighted by molar-refractivity contribution is 6.00. The summed E-state index contributed by atoms with van der Waals surface area (Å²) in [4.78, 5) is 23.8. The van der Waals surface area contributed by atoms with Crippen LogP contribution in [0.25, 0.3) is 0 Å². The number of esters is 2. The number of hydrogen-bond acceptors (Lipinski definition) is 5. The molecule has 0 fully saturated rings. The molecule has 0 atom stereocenters. The Bertz CT molecular complexity index is 254. The third-order valence-corrected chi connectivity index (χ3v) is 2.22. The number of allylic oxidation sites excluding steroid dienone is 1. The zero-order chi connectivity index (χ0) is 13.3. The predicted molar refractivity (Wildman–Crippen MR) is 62.4 cm³/mol. The van der Waals surface area contributed by atoms with Crippen LogP contribution >= 0.6 is 0 Å². The van der Waals surface area contributed by atoms with Gasteiger partial charge in [-0.15, -0.1) is 6.58 Å². The molecule has 0 saturated heterocycles. The zero-order valence-corrected chi connectivity index (χ0v) is 10.7. The molecule has 0 unspecified atom stereocenters. The van der Waals surface area contributed by atoms with Crippen molar-refractivity contribution in [3.8, 4) is 0 Å². The third kappa shape index (κ3) is 3.85. The second-order valence-electron chi connectivity index (χ2n) is 3.45. The monoisotopic (exact) mass is 244 g/mol. The third-order valence-electron chi connectivity index (χ3n) is 2.22. The fourth-order valence-corrected chi connectivity index (χ4v) is 1.46. The predicted octanol–water partition coefficient (Wildman–Crippen LogP) is 1.32. The second kappa shape index (κ2) is 7.84. The van der Waals surface area contributed by atoms with Gasteiger partial charge in [0.2, 0.25) is 0 Å². The summed E-state index contributed by atoms with van der Waals surface area (Å²) < 4.78 is 14.8. The van der Waals surface area contributed by atoms with Crippen LogP contribution < -0.4 is 0 Å². The van der Waals surface area contributed by atoms with Crippen molar-refractivity contribution in [1.82, 2.24) is 0 Å². The average Bonchev–Trinajstić information content (AvgIpc) is 2.29. The van der Waals surface area contributed by atoms with Crippen LogP contribution in [0, 0.1) is 5.41 Å². The molecule has 0 bridgehead atoms. The topological polar surface area (TPSA) is 61.8 Å². The van der Waals surface area contributed by atoms with Crippen LogP contribution in [-0.2, 0) is 23.8 Å². The summed E-state index contributed by atoms with van der Waals surface area (Å²) >= 11 is 0. The maximum absolute atomic E-state index is 11.9. The van der Waals surface area contributed by atoms with Gasteiger partial charge in [-0.1, -0.05) is 6.08 Å². The molecule has 0 heterocycles. The molecule has 98 valence electrons. The number of methoxy groups -OCH3 is 1. The van der Waals surface area contributed by atoms with Crippen molar-refractivity contribution in [2.45, 2.75) is 20.3 Å². The average molecular weight is 244 g/mol. The van der Waals surface area contributed by atoms with Gasteiger partial charge in [0.1, 0.15) is 0 Å². The van der Waals surface area contributed by atoms with Gasteiger partial charge in [0.05, 0.1) is 19.8 Å². The van der Waals surface area contributed by atoms with E-state index in [0.29, 0.717) is 0 Å². The molecule has 17 heavy (non-hydrogen) atoms. The van der Waals surface area contributed by atoms with Crippen molar-refractivity contribution in [2.75, 3.05) is 26.9 Å². The van der Waals surface area contributed by atoms with Gasteiger partial charge < -0.3 is 14.2 Å². The highest BCUT2D eigenvalue weighted by Crippen LogP contribution is 2.27. The lowest BCUT2D eigenvalue weighted by atomic mass is 9.85. The first kappa shape index (κ1) is 15.6. The number of hydrogen-bond donors (Lipinski definition) is 0. The lowest BCUT2D eigenvalue weighted by molar-refractivity contribution is -0.175. The molecular weight excluding hydrogens is 224 g/mol. The Morgan fingerprint density at radius 2 is 1.65 bits per heavy atom. The van der Waals surface area contributed by atoms with E-state index >= 15 is 0 Å². The Hall–Kier alpha value is -1.36. The minimum atomic E-state index is -1.44. The molecule has 0 spiro atoms. The van der Waals surface area contributed by atoms with Crippen LogP contribution in [0.3, 0.4) is 0 Å². The molecular formula is C12H20O5. The highest BCUT2D eigenvalue weighted by Gasteiger charge is 2.48. The molecule has 0 aliphatic carbocycles. The summed E-state index contributed by atoms with van der Waals surface area (Å²) in [5, 5.41) is 0. The number of carbonyl (C=O) groups excluding carboxylic acids is 2. The van der Waals surface area contributed by atoms with E-state index in [2.05, 4.69) is 6.58 Å². The summed E-state index contributed by atoms with van der Waals surface area (Å²) in [5.74, 6) is -1.28. The summed E-state index contributed by atoms with van der Waals surface area (Å²) in [5.41, 5.74) is -1.44. The largest absolute Gasteiger partial charge is 0.465 e. The molecule has 0 radical (unpaired) electrons. The normalized spacial score (nSPS) is 10.8. The number of rotatable bonds is 8. The van der Waals surface area contributed by atoms with Crippen molar-refractivity contribution in [1.29, 1.82) is 0 Å². The summed E-state index contributed by atoms with van der Waals surface area (Å²) in [6.45, 7) is 7.20. The van der Waals surface area contributed by atoms with E-state index in [9.17, 15) is 9.59 Å². The zero-order valence-electron chi connectivity index (χ0n) is 10.7. The number of carbonyl (C=O) groups is 2. The molecule has 0 N–H and O–H groups in total. The Morgan fingerprint density at radius 1 is 1.18 bits per heavy atom. The highest BCUT2D eigenvalue weighted by atomic mass is 16.6. The Balaban J connectivity index is 5.16. The van der Waals surface area contributed by atoms with Crippen molar-refractivity contribution in [3.05, 3.63) is 12.7 Å². The van der Waals surface area contributed by atoms with E-state index in [0.717, 1.165) is 0 Å². The first-order valence-corrected chi connectivity index (χ1v) is 5.53. The quantitative estimate of drug-likeness (QED) is 0.366. The smallest absolute Gasteiger partial charge is 0.326 e.